The van der Waals surface area contributed by atoms with Gasteiger partial charge in [-0.25, -0.2) is 0 Å². The number of benzene rings is 1. The maximum Gasteiger partial charge on any atom is 0.276 e. The first-order valence-electron chi connectivity index (χ1n) is 9.72. The molecule has 1 fully saturated rings. The molecule has 0 radical (unpaired) electrons. The largest absolute Gasteiger partial charge is 0.486 e. The third kappa shape index (κ3) is 5.20. The highest BCUT2D eigenvalue weighted by Crippen LogP contribution is 2.18. The lowest BCUT2D eigenvalue weighted by molar-refractivity contribution is -0.00180. The Labute approximate surface area is 169 Å². The molecule has 1 aliphatic heterocycles. The Hall–Kier alpha value is -3.19. The van der Waals surface area contributed by atoms with Crippen LogP contribution in [0.5, 0.6) is 5.75 Å². The van der Waals surface area contributed by atoms with Crippen LogP contribution in [0.4, 0.5) is 0 Å². The van der Waals surface area contributed by atoms with Crippen molar-refractivity contribution < 1.29 is 18.8 Å². The number of rotatable bonds is 7. The Morgan fingerprint density at radius 3 is 2.62 bits per heavy atom. The second kappa shape index (κ2) is 9.34. The van der Waals surface area contributed by atoms with E-state index in [-0.39, 0.29) is 18.6 Å². The topological polar surface area (TPSA) is 77.7 Å². The number of hydrogen-bond acceptors (Lipinski definition) is 6. The van der Waals surface area contributed by atoms with Gasteiger partial charge in [0.1, 0.15) is 12.4 Å². The Kier molecular flexibility index (Phi) is 6.16. The van der Waals surface area contributed by atoms with Crippen molar-refractivity contribution in [3.05, 3.63) is 77.9 Å². The number of amides is 1. The molecule has 7 heteroatoms. The normalized spacial score (nSPS) is 14.7. The van der Waals surface area contributed by atoms with E-state index in [4.69, 9.17) is 14.0 Å². The lowest BCUT2D eigenvalue weighted by Gasteiger charge is -2.31. The number of carbonyl (C=O) groups is 1. The first-order chi connectivity index (χ1) is 14.3. The van der Waals surface area contributed by atoms with Gasteiger partial charge in [0.2, 0.25) is 0 Å². The van der Waals surface area contributed by atoms with Crippen LogP contribution >= 0.6 is 0 Å². The molecule has 0 saturated carbocycles. The van der Waals surface area contributed by atoms with E-state index in [9.17, 15) is 4.79 Å². The minimum Gasteiger partial charge on any atom is -0.486 e. The number of likely N-dealkylation sites (tertiary alicyclic amines) is 1. The summed E-state index contributed by atoms with van der Waals surface area (Å²) in [6.45, 7) is 1.99. The van der Waals surface area contributed by atoms with Gasteiger partial charge in [0.05, 0.1) is 18.4 Å². The van der Waals surface area contributed by atoms with E-state index in [0.29, 0.717) is 31.2 Å². The summed E-state index contributed by atoms with van der Waals surface area (Å²) in [5.41, 5.74) is 1.23. The van der Waals surface area contributed by atoms with E-state index >= 15 is 0 Å². The van der Waals surface area contributed by atoms with Gasteiger partial charge < -0.3 is 18.9 Å². The Bertz CT molecular complexity index is 906. The van der Waals surface area contributed by atoms with Crippen LogP contribution < -0.4 is 4.74 Å². The average molecular weight is 393 g/mol. The summed E-state index contributed by atoms with van der Waals surface area (Å²) in [6, 6.07) is 16.9. The molecular formula is C22H23N3O4. The highest BCUT2D eigenvalue weighted by atomic mass is 16.5. The molecule has 0 atom stereocenters. The third-order valence-electron chi connectivity index (χ3n) is 4.82. The Morgan fingerprint density at radius 1 is 1.07 bits per heavy atom. The summed E-state index contributed by atoms with van der Waals surface area (Å²) < 4.78 is 16.8. The molecule has 150 valence electrons. The number of para-hydroxylation sites is 1. The van der Waals surface area contributed by atoms with Gasteiger partial charge in [0.15, 0.2) is 11.5 Å². The van der Waals surface area contributed by atoms with Crippen LogP contribution in [0.1, 0.15) is 34.8 Å². The van der Waals surface area contributed by atoms with Gasteiger partial charge in [0.25, 0.3) is 5.91 Å². The zero-order chi connectivity index (χ0) is 19.9. The van der Waals surface area contributed by atoms with Crippen molar-refractivity contribution in [2.75, 3.05) is 13.1 Å². The molecule has 4 rings (SSSR count). The van der Waals surface area contributed by atoms with Gasteiger partial charge in [-0.05, 0) is 37.1 Å². The van der Waals surface area contributed by atoms with Crippen LogP contribution in [0, 0.1) is 0 Å². The first kappa shape index (κ1) is 19.1. The number of ether oxygens (including phenoxy) is 2. The number of hydrogen-bond donors (Lipinski definition) is 0. The summed E-state index contributed by atoms with van der Waals surface area (Å²) >= 11 is 0. The molecule has 0 spiro atoms. The SMILES string of the molecule is O=C(c1cc(COc2ccccc2)on1)N1CCC(OCc2ccccn2)CC1. The van der Waals surface area contributed by atoms with Crippen molar-refractivity contribution in [2.24, 2.45) is 0 Å². The lowest BCUT2D eigenvalue weighted by atomic mass is 10.1. The van der Waals surface area contributed by atoms with Crippen LogP contribution in [0.3, 0.4) is 0 Å². The molecule has 2 aromatic heterocycles. The molecule has 1 saturated heterocycles. The number of nitrogens with zero attached hydrogens (tertiary/aromatic N) is 3. The van der Waals surface area contributed by atoms with Gasteiger partial charge >= 0.3 is 0 Å². The van der Waals surface area contributed by atoms with Crippen molar-refractivity contribution in [3.8, 4) is 5.75 Å². The molecule has 1 amide bonds. The zero-order valence-corrected chi connectivity index (χ0v) is 16.1. The van der Waals surface area contributed by atoms with Gasteiger partial charge in [-0.2, -0.15) is 0 Å². The molecule has 1 aromatic carbocycles. The molecule has 1 aliphatic rings. The zero-order valence-electron chi connectivity index (χ0n) is 16.1. The predicted molar refractivity (Wildman–Crippen MR) is 105 cm³/mol. The van der Waals surface area contributed by atoms with E-state index in [1.807, 2.05) is 48.5 Å². The molecule has 3 heterocycles. The summed E-state index contributed by atoms with van der Waals surface area (Å²) in [4.78, 5) is 18.7. The van der Waals surface area contributed by atoms with Crippen LogP contribution in [0.25, 0.3) is 0 Å². The van der Waals surface area contributed by atoms with E-state index in [0.717, 1.165) is 24.3 Å². The van der Waals surface area contributed by atoms with Crippen molar-refractivity contribution >= 4 is 5.91 Å². The quantitative estimate of drug-likeness (QED) is 0.612. The summed E-state index contributed by atoms with van der Waals surface area (Å²) in [5, 5.41) is 3.91. The smallest absolute Gasteiger partial charge is 0.276 e. The molecule has 0 bridgehead atoms. The highest BCUT2D eigenvalue weighted by Gasteiger charge is 2.26. The van der Waals surface area contributed by atoms with Gasteiger partial charge in [-0.3, -0.25) is 9.78 Å². The summed E-state index contributed by atoms with van der Waals surface area (Å²) in [5.74, 6) is 1.14. The Balaban J connectivity index is 1.24. The second-order valence-electron chi connectivity index (χ2n) is 6.90. The molecule has 7 nitrogen and oxygen atoms in total. The fourth-order valence-corrected chi connectivity index (χ4v) is 3.23. The monoisotopic (exact) mass is 393 g/mol. The molecule has 0 aliphatic carbocycles. The van der Waals surface area contributed by atoms with Crippen molar-refractivity contribution in [3.63, 3.8) is 0 Å². The third-order valence-corrected chi connectivity index (χ3v) is 4.82. The first-order valence-corrected chi connectivity index (χ1v) is 9.72. The van der Waals surface area contributed by atoms with E-state index in [1.165, 1.54) is 0 Å². The van der Waals surface area contributed by atoms with Gasteiger partial charge in [0, 0.05) is 25.4 Å². The van der Waals surface area contributed by atoms with E-state index in [2.05, 4.69) is 10.1 Å². The molecule has 29 heavy (non-hydrogen) atoms. The maximum atomic E-state index is 12.7. The number of carbonyl (C=O) groups excluding carboxylic acids is 1. The minimum absolute atomic E-state index is 0.122. The molecule has 0 unspecified atom stereocenters. The van der Waals surface area contributed by atoms with Crippen LogP contribution in [-0.4, -0.2) is 40.1 Å². The standard InChI is InChI=1S/C22H23N3O4/c26-22(21-14-20(29-24-21)16-28-18-7-2-1-3-8-18)25-12-9-19(10-13-25)27-15-17-6-4-5-11-23-17/h1-8,11,14,19H,9-10,12-13,15-16H2. The van der Waals surface area contributed by atoms with Crippen LogP contribution in [0.2, 0.25) is 0 Å². The fraction of sp³-hybridized carbons (Fsp3) is 0.318. The van der Waals surface area contributed by atoms with E-state index in [1.54, 1.807) is 17.2 Å². The summed E-state index contributed by atoms with van der Waals surface area (Å²) in [7, 11) is 0. The number of piperidine rings is 1. The van der Waals surface area contributed by atoms with Crippen LogP contribution in [-0.2, 0) is 18.0 Å². The molecule has 0 N–H and O–H groups in total. The Morgan fingerprint density at radius 2 is 1.86 bits per heavy atom. The highest BCUT2D eigenvalue weighted by molar-refractivity contribution is 5.92. The fourth-order valence-electron chi connectivity index (χ4n) is 3.23. The van der Waals surface area contributed by atoms with E-state index < -0.39 is 0 Å². The molecule has 3 aromatic rings. The van der Waals surface area contributed by atoms with Crippen molar-refractivity contribution in [1.82, 2.24) is 15.0 Å². The molecular weight excluding hydrogens is 370 g/mol. The summed E-state index contributed by atoms with van der Waals surface area (Å²) in [6.07, 6.45) is 3.48. The average Bonchev–Trinajstić information content (AvgIpc) is 3.27. The van der Waals surface area contributed by atoms with Gasteiger partial charge in [-0.1, -0.05) is 29.4 Å². The second-order valence-corrected chi connectivity index (χ2v) is 6.90. The van der Waals surface area contributed by atoms with Gasteiger partial charge in [-0.15, -0.1) is 0 Å². The van der Waals surface area contributed by atoms with Crippen molar-refractivity contribution in [2.45, 2.75) is 32.2 Å². The number of aromatic nitrogens is 2. The minimum atomic E-state index is -0.122. The maximum absolute atomic E-state index is 12.7. The van der Waals surface area contributed by atoms with Crippen LogP contribution in [0.15, 0.2) is 65.3 Å². The lowest BCUT2D eigenvalue weighted by Crippen LogP contribution is -2.41. The predicted octanol–water partition coefficient (Wildman–Crippen LogP) is 3.47. The number of pyridine rings is 1. The van der Waals surface area contributed by atoms with Crippen molar-refractivity contribution in [1.29, 1.82) is 0 Å².